The molecule has 0 atom stereocenters. The Labute approximate surface area is 119 Å². The van der Waals surface area contributed by atoms with E-state index in [2.05, 4.69) is 10.2 Å². The van der Waals surface area contributed by atoms with Crippen LogP contribution in [0.25, 0.3) is 11.4 Å². The summed E-state index contributed by atoms with van der Waals surface area (Å²) in [6.07, 6.45) is 5.81. The average Bonchev–Trinajstić information content (AvgIpc) is 2.81. The highest BCUT2D eigenvalue weighted by molar-refractivity contribution is 5.54. The first kappa shape index (κ1) is 13.3. The largest absolute Gasteiger partial charge is 0.389 e. The SMILES string of the molecule is Cn1c(CC2(O)CCCCC2)nnc1-c1ccccc1. The highest BCUT2D eigenvalue weighted by atomic mass is 16.3. The third-order valence-corrected chi connectivity index (χ3v) is 4.27. The number of aliphatic hydroxyl groups is 1. The second-order valence-electron chi connectivity index (χ2n) is 5.83. The number of benzene rings is 1. The van der Waals surface area contributed by atoms with E-state index in [4.69, 9.17) is 0 Å². The smallest absolute Gasteiger partial charge is 0.163 e. The van der Waals surface area contributed by atoms with Crippen LogP contribution in [0.5, 0.6) is 0 Å². The van der Waals surface area contributed by atoms with Gasteiger partial charge in [0.05, 0.1) is 5.60 Å². The lowest BCUT2D eigenvalue weighted by molar-refractivity contribution is 0.00220. The molecule has 4 heteroatoms. The normalized spacial score (nSPS) is 18.1. The maximum absolute atomic E-state index is 10.6. The van der Waals surface area contributed by atoms with Gasteiger partial charge in [-0.15, -0.1) is 10.2 Å². The summed E-state index contributed by atoms with van der Waals surface area (Å²) in [5.74, 6) is 1.73. The summed E-state index contributed by atoms with van der Waals surface area (Å²) in [5, 5.41) is 19.2. The Morgan fingerprint density at radius 2 is 1.80 bits per heavy atom. The van der Waals surface area contributed by atoms with Gasteiger partial charge < -0.3 is 9.67 Å². The van der Waals surface area contributed by atoms with Crippen LogP contribution >= 0.6 is 0 Å². The summed E-state index contributed by atoms with van der Waals surface area (Å²) in [6.45, 7) is 0. The highest BCUT2D eigenvalue weighted by Gasteiger charge is 2.31. The van der Waals surface area contributed by atoms with Gasteiger partial charge in [-0.25, -0.2) is 0 Å². The minimum absolute atomic E-state index is 0.590. The first-order chi connectivity index (χ1) is 9.68. The molecule has 2 aromatic rings. The summed E-state index contributed by atoms with van der Waals surface area (Å²) in [7, 11) is 1.98. The Kier molecular flexibility index (Phi) is 3.57. The molecule has 0 saturated heterocycles. The average molecular weight is 271 g/mol. The van der Waals surface area contributed by atoms with Crippen LogP contribution in [-0.2, 0) is 13.5 Å². The van der Waals surface area contributed by atoms with Crippen molar-refractivity contribution < 1.29 is 5.11 Å². The minimum Gasteiger partial charge on any atom is -0.389 e. The molecule has 20 heavy (non-hydrogen) atoms. The van der Waals surface area contributed by atoms with Gasteiger partial charge in [0.1, 0.15) is 5.82 Å². The molecule has 0 unspecified atom stereocenters. The van der Waals surface area contributed by atoms with Crippen molar-refractivity contribution in [2.75, 3.05) is 0 Å². The van der Waals surface area contributed by atoms with E-state index in [9.17, 15) is 5.11 Å². The van der Waals surface area contributed by atoms with Gasteiger partial charge in [0.15, 0.2) is 5.82 Å². The van der Waals surface area contributed by atoms with E-state index in [0.29, 0.717) is 6.42 Å². The molecule has 0 bridgehead atoms. The molecule has 1 N–H and O–H groups in total. The van der Waals surface area contributed by atoms with Crippen LogP contribution in [0.3, 0.4) is 0 Å². The van der Waals surface area contributed by atoms with Crippen LogP contribution in [0.1, 0.15) is 37.9 Å². The van der Waals surface area contributed by atoms with E-state index in [-0.39, 0.29) is 0 Å². The van der Waals surface area contributed by atoms with Crippen molar-refractivity contribution in [2.24, 2.45) is 7.05 Å². The molecule has 1 saturated carbocycles. The fourth-order valence-electron chi connectivity index (χ4n) is 3.04. The van der Waals surface area contributed by atoms with Gasteiger partial charge in [0.2, 0.25) is 0 Å². The first-order valence-electron chi connectivity index (χ1n) is 7.34. The number of nitrogens with zero attached hydrogens (tertiary/aromatic N) is 3. The fourth-order valence-corrected chi connectivity index (χ4v) is 3.04. The molecule has 0 radical (unpaired) electrons. The molecule has 3 rings (SSSR count). The summed E-state index contributed by atoms with van der Waals surface area (Å²) in [6, 6.07) is 10.1. The minimum atomic E-state index is -0.590. The maximum atomic E-state index is 10.6. The molecular formula is C16H21N3O. The zero-order valence-corrected chi connectivity index (χ0v) is 11.9. The van der Waals surface area contributed by atoms with E-state index >= 15 is 0 Å². The van der Waals surface area contributed by atoms with Gasteiger partial charge in [0, 0.05) is 19.0 Å². The van der Waals surface area contributed by atoms with Crippen molar-refractivity contribution >= 4 is 0 Å². The number of hydrogen-bond donors (Lipinski definition) is 1. The molecule has 1 aromatic heterocycles. The van der Waals surface area contributed by atoms with Crippen LogP contribution in [0, 0.1) is 0 Å². The van der Waals surface area contributed by atoms with Gasteiger partial charge in [-0.05, 0) is 12.8 Å². The fraction of sp³-hybridized carbons (Fsp3) is 0.500. The number of rotatable bonds is 3. The van der Waals surface area contributed by atoms with E-state index in [1.165, 1.54) is 6.42 Å². The van der Waals surface area contributed by atoms with Gasteiger partial charge in [0.25, 0.3) is 0 Å². The lowest BCUT2D eigenvalue weighted by Gasteiger charge is -2.31. The van der Waals surface area contributed by atoms with E-state index < -0.39 is 5.60 Å². The number of aromatic nitrogens is 3. The van der Waals surface area contributed by atoms with E-state index in [0.717, 1.165) is 42.9 Å². The zero-order valence-electron chi connectivity index (χ0n) is 11.9. The van der Waals surface area contributed by atoms with Crippen LogP contribution in [0.15, 0.2) is 30.3 Å². The summed E-state index contributed by atoms with van der Waals surface area (Å²) in [4.78, 5) is 0. The lowest BCUT2D eigenvalue weighted by atomic mass is 9.82. The molecule has 1 aliphatic rings. The van der Waals surface area contributed by atoms with Crippen LogP contribution in [0.2, 0.25) is 0 Å². The van der Waals surface area contributed by atoms with Crippen LogP contribution in [-0.4, -0.2) is 25.5 Å². The second kappa shape index (κ2) is 5.37. The predicted molar refractivity (Wildman–Crippen MR) is 78.2 cm³/mol. The van der Waals surface area contributed by atoms with Crippen molar-refractivity contribution in [1.82, 2.24) is 14.8 Å². The quantitative estimate of drug-likeness (QED) is 0.934. The van der Waals surface area contributed by atoms with Crippen molar-refractivity contribution in [2.45, 2.75) is 44.1 Å². The van der Waals surface area contributed by atoms with Gasteiger partial charge in [-0.3, -0.25) is 0 Å². The molecule has 0 amide bonds. The summed E-state index contributed by atoms with van der Waals surface area (Å²) >= 11 is 0. The first-order valence-corrected chi connectivity index (χ1v) is 7.34. The Morgan fingerprint density at radius 3 is 2.50 bits per heavy atom. The number of hydrogen-bond acceptors (Lipinski definition) is 3. The van der Waals surface area contributed by atoms with Gasteiger partial charge >= 0.3 is 0 Å². The molecule has 106 valence electrons. The molecular weight excluding hydrogens is 250 g/mol. The zero-order chi connectivity index (χ0) is 14.0. The Hall–Kier alpha value is -1.68. The Bertz CT molecular complexity index is 571. The van der Waals surface area contributed by atoms with Gasteiger partial charge in [-0.2, -0.15) is 0 Å². The second-order valence-corrected chi connectivity index (χ2v) is 5.83. The maximum Gasteiger partial charge on any atom is 0.163 e. The summed E-state index contributed by atoms with van der Waals surface area (Å²) < 4.78 is 2.00. The molecule has 0 spiro atoms. The third-order valence-electron chi connectivity index (χ3n) is 4.27. The predicted octanol–water partition coefficient (Wildman–Crippen LogP) is 2.72. The molecule has 0 aliphatic heterocycles. The van der Waals surface area contributed by atoms with Crippen molar-refractivity contribution in [3.63, 3.8) is 0 Å². The molecule has 1 fully saturated rings. The lowest BCUT2D eigenvalue weighted by Crippen LogP contribution is -2.34. The van der Waals surface area contributed by atoms with Crippen LogP contribution < -0.4 is 0 Å². The molecule has 4 nitrogen and oxygen atoms in total. The van der Waals surface area contributed by atoms with Crippen molar-refractivity contribution in [3.8, 4) is 11.4 Å². The molecule has 1 heterocycles. The molecule has 1 aromatic carbocycles. The topological polar surface area (TPSA) is 50.9 Å². The highest BCUT2D eigenvalue weighted by Crippen LogP contribution is 2.31. The van der Waals surface area contributed by atoms with Gasteiger partial charge in [-0.1, -0.05) is 49.6 Å². The van der Waals surface area contributed by atoms with E-state index in [1.54, 1.807) is 0 Å². The van der Waals surface area contributed by atoms with Crippen LogP contribution in [0.4, 0.5) is 0 Å². The molecule has 1 aliphatic carbocycles. The standard InChI is InChI=1S/C16H21N3O/c1-19-14(12-16(20)10-6-3-7-11-16)17-18-15(19)13-8-4-2-5-9-13/h2,4-5,8-9,20H,3,6-7,10-12H2,1H3. The Morgan fingerprint density at radius 1 is 1.10 bits per heavy atom. The van der Waals surface area contributed by atoms with Crippen molar-refractivity contribution in [1.29, 1.82) is 0 Å². The summed E-state index contributed by atoms with van der Waals surface area (Å²) in [5.41, 5.74) is 0.469. The van der Waals surface area contributed by atoms with E-state index in [1.807, 2.05) is 41.9 Å². The third kappa shape index (κ3) is 2.61. The monoisotopic (exact) mass is 271 g/mol. The van der Waals surface area contributed by atoms with Crippen molar-refractivity contribution in [3.05, 3.63) is 36.2 Å². The Balaban J connectivity index is 1.84.